The lowest BCUT2D eigenvalue weighted by molar-refractivity contribution is 0.0513. The second kappa shape index (κ2) is 7.28. The molecule has 1 amide bonds. The van der Waals surface area contributed by atoms with Crippen LogP contribution in [0.2, 0.25) is 0 Å². The third kappa shape index (κ3) is 6.59. The first-order valence-electron chi connectivity index (χ1n) is 7.33. The summed E-state index contributed by atoms with van der Waals surface area (Å²) < 4.78 is 5.21. The van der Waals surface area contributed by atoms with E-state index >= 15 is 0 Å². The molecule has 1 rings (SSSR count). The van der Waals surface area contributed by atoms with E-state index in [0.717, 1.165) is 5.56 Å². The fourth-order valence-electron chi connectivity index (χ4n) is 1.79. The number of rotatable bonds is 5. The molecule has 1 aromatic carbocycles. The fourth-order valence-corrected chi connectivity index (χ4v) is 1.79. The lowest BCUT2D eigenvalue weighted by atomic mass is 10.0. The van der Waals surface area contributed by atoms with Gasteiger partial charge >= 0.3 is 6.09 Å². The molecule has 120 valence electrons. The molecule has 0 unspecified atom stereocenters. The molecule has 0 fully saturated rings. The highest BCUT2D eigenvalue weighted by Crippen LogP contribution is 2.10. The Labute approximate surface area is 132 Å². The quantitative estimate of drug-likeness (QED) is 0.877. The van der Waals surface area contributed by atoms with E-state index in [4.69, 9.17) is 10.00 Å². The molecule has 1 aromatic rings. The van der Waals surface area contributed by atoms with Crippen molar-refractivity contribution in [3.63, 3.8) is 0 Å². The summed E-state index contributed by atoms with van der Waals surface area (Å²) in [4.78, 5) is 11.7. The van der Waals surface area contributed by atoms with E-state index < -0.39 is 11.7 Å². The van der Waals surface area contributed by atoms with Crippen molar-refractivity contribution in [2.75, 3.05) is 6.54 Å². The first-order chi connectivity index (χ1) is 10.1. The van der Waals surface area contributed by atoms with Gasteiger partial charge in [0.1, 0.15) is 5.60 Å². The van der Waals surface area contributed by atoms with Crippen molar-refractivity contribution in [2.24, 2.45) is 0 Å². The van der Waals surface area contributed by atoms with Crippen LogP contribution < -0.4 is 10.6 Å². The van der Waals surface area contributed by atoms with Crippen molar-refractivity contribution in [1.29, 1.82) is 5.26 Å². The molecule has 5 heteroatoms. The largest absolute Gasteiger partial charge is 0.444 e. The Morgan fingerprint density at radius 3 is 2.45 bits per heavy atom. The number of ether oxygens (including phenoxy) is 1. The summed E-state index contributed by atoms with van der Waals surface area (Å²) in [5.41, 5.74) is 0.772. The van der Waals surface area contributed by atoms with Gasteiger partial charge in [0.2, 0.25) is 0 Å². The SMILES string of the molecule is CC(C)(CNC(=O)OC(C)(C)C)NCc1ccccc1C#N. The van der Waals surface area contributed by atoms with Gasteiger partial charge in [-0.15, -0.1) is 0 Å². The number of nitrogens with one attached hydrogen (secondary N) is 2. The van der Waals surface area contributed by atoms with Gasteiger partial charge in [0.15, 0.2) is 0 Å². The van der Waals surface area contributed by atoms with E-state index in [1.807, 2.05) is 52.8 Å². The van der Waals surface area contributed by atoms with Crippen molar-refractivity contribution in [1.82, 2.24) is 10.6 Å². The van der Waals surface area contributed by atoms with E-state index in [1.165, 1.54) is 0 Å². The number of hydrogen-bond acceptors (Lipinski definition) is 4. The van der Waals surface area contributed by atoms with Crippen molar-refractivity contribution < 1.29 is 9.53 Å². The highest BCUT2D eigenvalue weighted by molar-refractivity contribution is 5.67. The van der Waals surface area contributed by atoms with Crippen LogP contribution in [0, 0.1) is 11.3 Å². The number of nitriles is 1. The number of carbonyl (C=O) groups is 1. The lowest BCUT2D eigenvalue weighted by Crippen LogP contribution is -2.49. The minimum absolute atomic E-state index is 0.320. The van der Waals surface area contributed by atoms with E-state index in [1.54, 1.807) is 6.07 Å². The molecule has 5 nitrogen and oxygen atoms in total. The Bertz CT molecular complexity index is 554. The molecular formula is C17H25N3O2. The van der Waals surface area contributed by atoms with Crippen molar-refractivity contribution in [3.8, 4) is 6.07 Å². The molecule has 0 spiro atoms. The number of alkyl carbamates (subject to hydrolysis) is 1. The van der Waals surface area contributed by atoms with Crippen molar-refractivity contribution >= 4 is 6.09 Å². The van der Waals surface area contributed by atoms with Gasteiger partial charge in [-0.05, 0) is 46.2 Å². The van der Waals surface area contributed by atoms with Gasteiger partial charge in [-0.3, -0.25) is 0 Å². The molecular weight excluding hydrogens is 278 g/mol. The molecule has 0 radical (unpaired) electrons. The van der Waals surface area contributed by atoms with Gasteiger partial charge in [0, 0.05) is 18.6 Å². The third-order valence-electron chi connectivity index (χ3n) is 2.97. The normalized spacial score (nSPS) is 11.6. The Kier molecular flexibility index (Phi) is 5.95. The molecule has 0 atom stereocenters. The predicted molar refractivity (Wildman–Crippen MR) is 86.3 cm³/mol. The van der Waals surface area contributed by atoms with E-state index in [0.29, 0.717) is 18.7 Å². The monoisotopic (exact) mass is 303 g/mol. The van der Waals surface area contributed by atoms with Crippen LogP contribution in [0.25, 0.3) is 0 Å². The molecule has 0 aliphatic heterocycles. The molecule has 0 aliphatic carbocycles. The zero-order valence-corrected chi connectivity index (χ0v) is 14.0. The molecule has 2 N–H and O–H groups in total. The first kappa shape index (κ1) is 18.0. The lowest BCUT2D eigenvalue weighted by Gasteiger charge is -2.28. The van der Waals surface area contributed by atoms with Gasteiger partial charge in [0.25, 0.3) is 0 Å². The van der Waals surface area contributed by atoms with Crippen LogP contribution in [-0.4, -0.2) is 23.8 Å². The summed E-state index contributed by atoms with van der Waals surface area (Å²) in [7, 11) is 0. The van der Waals surface area contributed by atoms with Crippen LogP contribution in [0.5, 0.6) is 0 Å². The Morgan fingerprint density at radius 2 is 1.86 bits per heavy atom. The Balaban J connectivity index is 2.51. The minimum Gasteiger partial charge on any atom is -0.444 e. The standard InChI is InChI=1S/C17H25N3O2/c1-16(2,3)22-15(21)19-12-17(4,5)20-11-14-9-7-6-8-13(14)10-18/h6-9,20H,11-12H2,1-5H3,(H,19,21). The second-order valence-corrected chi connectivity index (χ2v) is 6.86. The molecule has 22 heavy (non-hydrogen) atoms. The minimum atomic E-state index is -0.507. The highest BCUT2D eigenvalue weighted by Gasteiger charge is 2.21. The number of amides is 1. The molecule has 0 saturated carbocycles. The van der Waals surface area contributed by atoms with Gasteiger partial charge in [0.05, 0.1) is 11.6 Å². The topological polar surface area (TPSA) is 74.2 Å². The number of nitrogens with zero attached hydrogens (tertiary/aromatic N) is 1. The van der Waals surface area contributed by atoms with Gasteiger partial charge in [-0.25, -0.2) is 4.79 Å². The van der Waals surface area contributed by atoms with Crippen LogP contribution in [0.4, 0.5) is 4.79 Å². The van der Waals surface area contributed by atoms with Crippen LogP contribution >= 0.6 is 0 Å². The summed E-state index contributed by atoms with van der Waals surface area (Å²) in [5, 5.41) is 15.2. The highest BCUT2D eigenvalue weighted by atomic mass is 16.6. The summed E-state index contributed by atoms with van der Waals surface area (Å²) >= 11 is 0. The zero-order chi connectivity index (χ0) is 16.8. The Hall–Kier alpha value is -2.06. The number of hydrogen-bond donors (Lipinski definition) is 2. The second-order valence-electron chi connectivity index (χ2n) is 6.86. The molecule has 0 aliphatic rings. The first-order valence-corrected chi connectivity index (χ1v) is 7.33. The molecule has 0 heterocycles. The zero-order valence-electron chi connectivity index (χ0n) is 14.0. The fraction of sp³-hybridized carbons (Fsp3) is 0.529. The van der Waals surface area contributed by atoms with Gasteiger partial charge in [-0.2, -0.15) is 5.26 Å². The van der Waals surface area contributed by atoms with Crippen LogP contribution in [0.3, 0.4) is 0 Å². The molecule has 0 aromatic heterocycles. The maximum Gasteiger partial charge on any atom is 0.407 e. The van der Waals surface area contributed by atoms with E-state index in [9.17, 15) is 4.79 Å². The third-order valence-corrected chi connectivity index (χ3v) is 2.97. The average molecular weight is 303 g/mol. The van der Waals surface area contributed by atoms with Gasteiger partial charge < -0.3 is 15.4 Å². The average Bonchev–Trinajstić information content (AvgIpc) is 2.42. The summed E-state index contributed by atoms with van der Waals surface area (Å²) in [5.74, 6) is 0. The smallest absolute Gasteiger partial charge is 0.407 e. The number of carbonyl (C=O) groups excluding carboxylic acids is 1. The van der Waals surface area contributed by atoms with Crippen LogP contribution in [0.15, 0.2) is 24.3 Å². The maximum atomic E-state index is 11.7. The summed E-state index contributed by atoms with van der Waals surface area (Å²) in [6.07, 6.45) is -0.431. The summed E-state index contributed by atoms with van der Waals surface area (Å²) in [6, 6.07) is 9.64. The van der Waals surface area contributed by atoms with Crippen molar-refractivity contribution in [3.05, 3.63) is 35.4 Å². The number of benzene rings is 1. The Morgan fingerprint density at radius 1 is 1.23 bits per heavy atom. The van der Waals surface area contributed by atoms with Crippen LogP contribution in [-0.2, 0) is 11.3 Å². The van der Waals surface area contributed by atoms with Gasteiger partial charge in [-0.1, -0.05) is 18.2 Å². The van der Waals surface area contributed by atoms with Crippen molar-refractivity contribution in [2.45, 2.75) is 52.3 Å². The molecule has 0 bridgehead atoms. The van der Waals surface area contributed by atoms with E-state index in [-0.39, 0.29) is 5.54 Å². The molecule has 0 saturated heterocycles. The summed E-state index contributed by atoms with van der Waals surface area (Å²) in [6.45, 7) is 10.4. The maximum absolute atomic E-state index is 11.7. The van der Waals surface area contributed by atoms with Crippen LogP contribution in [0.1, 0.15) is 45.7 Å². The van der Waals surface area contributed by atoms with E-state index in [2.05, 4.69) is 16.7 Å². The predicted octanol–water partition coefficient (Wildman–Crippen LogP) is 2.95.